The van der Waals surface area contributed by atoms with Crippen molar-refractivity contribution in [2.24, 2.45) is 0 Å². The molecule has 0 radical (unpaired) electrons. The van der Waals surface area contributed by atoms with E-state index in [0.717, 1.165) is 17.2 Å². The van der Waals surface area contributed by atoms with Gasteiger partial charge in [0.25, 0.3) is 0 Å². The lowest BCUT2D eigenvalue weighted by atomic mass is 9.80. The molecule has 34 heavy (non-hydrogen) atoms. The van der Waals surface area contributed by atoms with Crippen LogP contribution in [0.2, 0.25) is 0 Å². The van der Waals surface area contributed by atoms with Gasteiger partial charge in [-0.05, 0) is 31.0 Å². The molecule has 2 heterocycles. The number of fused-ring (bicyclic) bond motifs is 1. The Balaban J connectivity index is 2.04. The number of alkyl halides is 1. The summed E-state index contributed by atoms with van der Waals surface area (Å²) in [5, 5.41) is -2.11. The van der Waals surface area contributed by atoms with Gasteiger partial charge in [-0.15, -0.1) is 11.6 Å². The minimum Gasteiger partial charge on any atom is -0.497 e. The van der Waals surface area contributed by atoms with Crippen LogP contribution in [0.1, 0.15) is 32.3 Å². The molecule has 1 fully saturated rings. The van der Waals surface area contributed by atoms with Gasteiger partial charge in [0.2, 0.25) is 5.91 Å². The normalized spacial score (nSPS) is 24.9. The lowest BCUT2D eigenvalue weighted by molar-refractivity contribution is -0.172. The first-order chi connectivity index (χ1) is 15.9. The summed E-state index contributed by atoms with van der Waals surface area (Å²) in [5.74, 6) is -2.18. The van der Waals surface area contributed by atoms with E-state index in [1.165, 1.54) is 14.0 Å². The Kier molecular flexibility index (Phi) is 7.37. The first-order valence-electron chi connectivity index (χ1n) is 10.3. The molecule has 1 amide bonds. The predicted octanol–water partition coefficient (Wildman–Crippen LogP) is 1.50. The van der Waals surface area contributed by atoms with E-state index in [-0.39, 0.29) is 30.8 Å². The highest BCUT2D eigenvalue weighted by Gasteiger charge is 2.67. The number of amides is 1. The number of Topliss-reactive ketones (excluding diaryl/α,β-unsaturated/α-hetero) is 1. The van der Waals surface area contributed by atoms with Crippen LogP contribution in [0.5, 0.6) is 5.75 Å². The third-order valence-corrected chi connectivity index (χ3v) is 8.04. The first kappa shape index (κ1) is 25.7. The molecule has 0 saturated carbocycles. The molecule has 12 heteroatoms. The van der Waals surface area contributed by atoms with Gasteiger partial charge in [0.05, 0.1) is 7.11 Å². The van der Waals surface area contributed by atoms with E-state index in [1.807, 2.05) is 0 Å². The number of β-lactam (4-membered cyclic amide) rings is 1. The Labute approximate surface area is 201 Å². The maximum absolute atomic E-state index is 13.6. The van der Waals surface area contributed by atoms with Crippen LogP contribution in [0, 0.1) is 0 Å². The minimum atomic E-state index is -4.11. The second kappa shape index (κ2) is 9.75. The third-order valence-electron chi connectivity index (χ3n) is 5.70. The zero-order valence-corrected chi connectivity index (χ0v) is 20.3. The summed E-state index contributed by atoms with van der Waals surface area (Å²) in [5.41, 5.74) is -1.56. The summed E-state index contributed by atoms with van der Waals surface area (Å²) in [6.07, 6.45) is -0.434. The molecular formula is C22H24ClNO9S. The van der Waals surface area contributed by atoms with Gasteiger partial charge in [0, 0.05) is 24.3 Å². The van der Waals surface area contributed by atoms with Crippen molar-refractivity contribution in [3.05, 3.63) is 40.8 Å². The number of esters is 2. The van der Waals surface area contributed by atoms with Crippen molar-refractivity contribution in [1.82, 2.24) is 4.90 Å². The largest absolute Gasteiger partial charge is 0.497 e. The Morgan fingerprint density at radius 1 is 1.09 bits per heavy atom. The van der Waals surface area contributed by atoms with Crippen LogP contribution in [0.25, 0.3) is 0 Å². The summed E-state index contributed by atoms with van der Waals surface area (Å²) < 4.78 is 41.2. The van der Waals surface area contributed by atoms with Crippen LogP contribution in [0.15, 0.2) is 35.2 Å². The molecule has 184 valence electrons. The molecule has 10 nitrogen and oxygen atoms in total. The number of carbonyl (C=O) groups is 4. The zero-order valence-electron chi connectivity index (χ0n) is 18.8. The number of ether oxygens (including phenoxy) is 3. The molecule has 2 aliphatic rings. The maximum Gasteiger partial charge on any atom is 0.337 e. The maximum atomic E-state index is 13.6. The smallest absolute Gasteiger partial charge is 0.337 e. The van der Waals surface area contributed by atoms with Crippen LogP contribution in [-0.2, 0) is 45.1 Å². The topological polar surface area (TPSA) is 133 Å². The zero-order chi connectivity index (χ0) is 25.3. The Bertz CT molecular complexity index is 1150. The van der Waals surface area contributed by atoms with E-state index in [1.54, 1.807) is 24.3 Å². The highest BCUT2D eigenvalue weighted by molar-refractivity contribution is 7.95. The summed E-state index contributed by atoms with van der Waals surface area (Å²) in [6.45, 7) is 1.62. The monoisotopic (exact) mass is 513 g/mol. The van der Waals surface area contributed by atoms with Crippen molar-refractivity contribution in [2.75, 3.05) is 13.7 Å². The van der Waals surface area contributed by atoms with Crippen molar-refractivity contribution in [1.29, 1.82) is 0 Å². The van der Waals surface area contributed by atoms with Crippen molar-refractivity contribution < 1.29 is 41.8 Å². The fourth-order valence-electron chi connectivity index (χ4n) is 3.96. The van der Waals surface area contributed by atoms with E-state index in [9.17, 15) is 27.6 Å². The number of sulfone groups is 1. The van der Waals surface area contributed by atoms with Gasteiger partial charge >= 0.3 is 11.9 Å². The molecular weight excluding hydrogens is 490 g/mol. The summed E-state index contributed by atoms with van der Waals surface area (Å²) in [7, 11) is -2.60. The standard InChI is InChI=1S/C22H24ClNO9S/c1-13(25)8-9-22(21(28)33-10-15-4-6-17(31-3)7-5-15)16(11-32-14(2)26)12-34(29,30)20-18(23)19(27)24(20)22/h4-7,12,18,20H,8-11H2,1-3H3/t18-,20+,22+/m0/s1. The molecule has 0 aromatic heterocycles. The quantitative estimate of drug-likeness (QED) is 0.273. The molecule has 0 spiro atoms. The van der Waals surface area contributed by atoms with Crippen LogP contribution >= 0.6 is 11.6 Å². The van der Waals surface area contributed by atoms with Gasteiger partial charge in [-0.3, -0.25) is 9.59 Å². The van der Waals surface area contributed by atoms with E-state index in [2.05, 4.69) is 0 Å². The molecule has 0 unspecified atom stereocenters. The highest BCUT2D eigenvalue weighted by atomic mass is 35.5. The number of hydrogen-bond acceptors (Lipinski definition) is 9. The van der Waals surface area contributed by atoms with E-state index >= 15 is 0 Å². The number of nitrogens with zero attached hydrogens (tertiary/aromatic N) is 1. The second-order valence-electron chi connectivity index (χ2n) is 8.00. The number of ketones is 1. The molecule has 3 atom stereocenters. The van der Waals surface area contributed by atoms with Crippen molar-refractivity contribution in [2.45, 2.75) is 49.6 Å². The lowest BCUT2D eigenvalue weighted by Crippen LogP contribution is -2.77. The van der Waals surface area contributed by atoms with Gasteiger partial charge in [0.1, 0.15) is 30.1 Å². The highest BCUT2D eigenvalue weighted by Crippen LogP contribution is 2.47. The molecule has 3 rings (SSSR count). The molecule has 0 N–H and O–H groups in total. The summed E-state index contributed by atoms with van der Waals surface area (Å²) in [4.78, 5) is 50.5. The van der Waals surface area contributed by atoms with Crippen molar-refractivity contribution in [3.8, 4) is 5.75 Å². The Hall–Kier alpha value is -2.92. The summed E-state index contributed by atoms with van der Waals surface area (Å²) in [6, 6.07) is 6.67. The number of methoxy groups -OCH3 is 1. The van der Waals surface area contributed by atoms with Crippen molar-refractivity contribution >= 4 is 45.1 Å². The third kappa shape index (κ3) is 4.67. The number of rotatable bonds is 9. The Morgan fingerprint density at radius 2 is 1.74 bits per heavy atom. The van der Waals surface area contributed by atoms with Crippen LogP contribution in [0.3, 0.4) is 0 Å². The number of halogens is 1. The molecule has 1 aromatic rings. The van der Waals surface area contributed by atoms with Gasteiger partial charge in [-0.2, -0.15) is 0 Å². The van der Waals surface area contributed by atoms with E-state index in [4.69, 9.17) is 25.8 Å². The summed E-state index contributed by atoms with van der Waals surface area (Å²) >= 11 is 6.01. The fraction of sp³-hybridized carbons (Fsp3) is 0.455. The average molecular weight is 514 g/mol. The predicted molar refractivity (Wildman–Crippen MR) is 119 cm³/mol. The molecule has 1 saturated heterocycles. The van der Waals surface area contributed by atoms with E-state index in [0.29, 0.717) is 11.3 Å². The van der Waals surface area contributed by atoms with Crippen molar-refractivity contribution in [3.63, 3.8) is 0 Å². The minimum absolute atomic E-state index is 0.168. The molecule has 2 aliphatic heterocycles. The molecule has 0 aliphatic carbocycles. The fourth-order valence-corrected chi connectivity index (χ4v) is 6.43. The number of carbonyl (C=O) groups excluding carboxylic acids is 4. The van der Waals surface area contributed by atoms with Crippen LogP contribution < -0.4 is 4.74 Å². The van der Waals surface area contributed by atoms with E-state index < -0.39 is 50.6 Å². The number of hydrogen-bond donors (Lipinski definition) is 0. The van der Waals surface area contributed by atoms with Gasteiger partial charge in [0.15, 0.2) is 20.8 Å². The Morgan fingerprint density at radius 3 is 2.29 bits per heavy atom. The van der Waals surface area contributed by atoms with Gasteiger partial charge in [-0.25, -0.2) is 13.2 Å². The lowest BCUT2D eigenvalue weighted by Gasteiger charge is -2.55. The SMILES string of the molecule is COc1ccc(COC(=O)[C@@]2(CCC(C)=O)C(COC(C)=O)=CS(=O)(=O)[C@@H]3[C@@H](Cl)C(=O)N32)cc1. The number of benzene rings is 1. The molecule has 1 aromatic carbocycles. The van der Waals surface area contributed by atoms with Crippen LogP contribution in [0.4, 0.5) is 0 Å². The average Bonchev–Trinajstić information content (AvgIpc) is 2.79. The second-order valence-corrected chi connectivity index (χ2v) is 10.4. The van der Waals surface area contributed by atoms with Gasteiger partial charge < -0.3 is 23.9 Å². The first-order valence-corrected chi connectivity index (χ1v) is 12.3. The van der Waals surface area contributed by atoms with Crippen LogP contribution in [-0.4, -0.2) is 67.0 Å². The molecule has 0 bridgehead atoms. The van der Waals surface area contributed by atoms with Gasteiger partial charge in [-0.1, -0.05) is 12.1 Å².